The molecule has 0 saturated carbocycles. The summed E-state index contributed by atoms with van der Waals surface area (Å²) in [5.41, 5.74) is -0.828. The Balaban J connectivity index is 2.56. The lowest BCUT2D eigenvalue weighted by Gasteiger charge is -2.25. The molecule has 9 heteroatoms. The highest BCUT2D eigenvalue weighted by Gasteiger charge is 2.39. The van der Waals surface area contributed by atoms with Crippen molar-refractivity contribution in [2.45, 2.75) is 31.3 Å². The first kappa shape index (κ1) is 17.1. The summed E-state index contributed by atoms with van der Waals surface area (Å²) in [4.78, 5) is 22.8. The molecule has 1 heterocycles. The van der Waals surface area contributed by atoms with Gasteiger partial charge < -0.3 is 15.7 Å². The second-order valence-electron chi connectivity index (χ2n) is 5.17. The van der Waals surface area contributed by atoms with Crippen molar-refractivity contribution in [1.82, 2.24) is 10.6 Å². The molecule has 0 aliphatic carbocycles. The molecule has 1 saturated heterocycles. The van der Waals surface area contributed by atoms with Gasteiger partial charge in [-0.25, -0.2) is 18.0 Å². The largest absolute Gasteiger partial charge is 0.480 e. The van der Waals surface area contributed by atoms with Crippen molar-refractivity contribution in [3.63, 3.8) is 0 Å². The number of hydrogen-bond acceptors (Lipinski definition) is 5. The Bertz CT molecular complexity index is 479. The molecule has 0 spiro atoms. The fourth-order valence-electron chi connectivity index (χ4n) is 2.07. The van der Waals surface area contributed by atoms with E-state index in [1.807, 2.05) is 6.26 Å². The smallest absolute Gasteiger partial charge is 0.326 e. The van der Waals surface area contributed by atoms with Gasteiger partial charge >= 0.3 is 12.0 Å². The SMILES string of the molecule is CSCCC(NC(=O)NC1(C)CCS(=O)(=O)C1)C(=O)O. The van der Waals surface area contributed by atoms with Crippen LogP contribution >= 0.6 is 11.8 Å². The van der Waals surface area contributed by atoms with E-state index in [0.717, 1.165) is 0 Å². The summed E-state index contributed by atoms with van der Waals surface area (Å²) in [5, 5.41) is 14.0. The second-order valence-corrected chi connectivity index (χ2v) is 8.34. The summed E-state index contributed by atoms with van der Waals surface area (Å²) < 4.78 is 22.9. The Morgan fingerprint density at radius 2 is 2.10 bits per heavy atom. The molecular formula is C11H20N2O5S2. The van der Waals surface area contributed by atoms with Gasteiger partial charge in [-0.1, -0.05) is 0 Å². The minimum atomic E-state index is -3.12. The molecule has 0 aromatic heterocycles. The number of carboxylic acids is 1. The number of aliphatic carboxylic acids is 1. The van der Waals surface area contributed by atoms with E-state index in [1.165, 1.54) is 11.8 Å². The number of nitrogens with one attached hydrogen (secondary N) is 2. The molecule has 0 radical (unpaired) electrons. The van der Waals surface area contributed by atoms with Gasteiger partial charge in [-0.3, -0.25) is 0 Å². The Kier molecular flexibility index (Phi) is 5.69. The van der Waals surface area contributed by atoms with Crippen molar-refractivity contribution in [1.29, 1.82) is 0 Å². The average Bonchev–Trinajstić information content (AvgIpc) is 2.58. The number of rotatable bonds is 6. The van der Waals surface area contributed by atoms with Gasteiger partial charge in [0.05, 0.1) is 17.0 Å². The lowest BCUT2D eigenvalue weighted by atomic mass is 10.0. The van der Waals surface area contributed by atoms with Crippen LogP contribution in [0.25, 0.3) is 0 Å². The zero-order valence-corrected chi connectivity index (χ0v) is 13.1. The van der Waals surface area contributed by atoms with Crippen LogP contribution in [-0.2, 0) is 14.6 Å². The lowest BCUT2D eigenvalue weighted by Crippen LogP contribution is -2.54. The van der Waals surface area contributed by atoms with E-state index in [0.29, 0.717) is 18.6 Å². The standard InChI is InChI=1S/C11H20N2O5S2/c1-11(4-6-20(17,18)7-11)13-10(16)12-8(9(14)15)3-5-19-2/h8H,3-7H2,1-2H3,(H,14,15)(H2,12,13,16). The monoisotopic (exact) mass is 324 g/mol. The first-order chi connectivity index (χ1) is 9.17. The van der Waals surface area contributed by atoms with E-state index in [9.17, 15) is 18.0 Å². The van der Waals surface area contributed by atoms with Crippen LogP contribution in [-0.4, -0.2) is 60.6 Å². The zero-order valence-electron chi connectivity index (χ0n) is 11.5. The molecule has 0 aromatic rings. The van der Waals surface area contributed by atoms with E-state index in [2.05, 4.69) is 10.6 Å². The van der Waals surface area contributed by atoms with E-state index in [4.69, 9.17) is 5.11 Å². The van der Waals surface area contributed by atoms with Crippen LogP contribution in [0.1, 0.15) is 19.8 Å². The quantitative estimate of drug-likeness (QED) is 0.637. The predicted molar refractivity (Wildman–Crippen MR) is 77.8 cm³/mol. The van der Waals surface area contributed by atoms with Gasteiger partial charge in [0.25, 0.3) is 0 Å². The normalized spacial score (nSPS) is 25.9. The number of carboxylic acid groups (broad SMARTS) is 1. The number of hydrogen-bond donors (Lipinski definition) is 3. The number of carbonyl (C=O) groups is 2. The highest BCUT2D eigenvalue weighted by atomic mass is 32.2. The Labute approximate surface area is 122 Å². The summed E-state index contributed by atoms with van der Waals surface area (Å²) in [6.45, 7) is 1.65. The van der Waals surface area contributed by atoms with Crippen LogP contribution in [0, 0.1) is 0 Å². The molecule has 116 valence electrons. The molecule has 0 aromatic carbocycles. The number of sulfone groups is 1. The molecule has 2 amide bonds. The van der Waals surface area contributed by atoms with E-state index in [1.54, 1.807) is 6.92 Å². The summed E-state index contributed by atoms with van der Waals surface area (Å²) >= 11 is 1.49. The number of urea groups is 1. The maximum absolute atomic E-state index is 11.8. The third-order valence-electron chi connectivity index (χ3n) is 3.13. The van der Waals surface area contributed by atoms with Crippen LogP contribution in [0.15, 0.2) is 0 Å². The van der Waals surface area contributed by atoms with E-state index in [-0.39, 0.29) is 11.5 Å². The third-order valence-corrected chi connectivity index (χ3v) is 5.68. The maximum Gasteiger partial charge on any atom is 0.326 e. The Hall–Kier alpha value is -0.960. The molecule has 2 atom stereocenters. The number of carbonyl (C=O) groups excluding carboxylic acids is 1. The van der Waals surface area contributed by atoms with Gasteiger partial charge in [-0.2, -0.15) is 11.8 Å². The van der Waals surface area contributed by atoms with Crippen molar-refractivity contribution in [3.05, 3.63) is 0 Å². The predicted octanol–water partition coefficient (Wildman–Crippen LogP) is 0.0691. The summed E-state index contributed by atoms with van der Waals surface area (Å²) in [5.74, 6) is -0.560. The summed E-state index contributed by atoms with van der Waals surface area (Å²) in [7, 11) is -3.12. The van der Waals surface area contributed by atoms with Crippen LogP contribution in [0.4, 0.5) is 4.79 Å². The third kappa shape index (κ3) is 5.20. The molecule has 1 aliphatic heterocycles. The first-order valence-electron chi connectivity index (χ1n) is 6.18. The molecule has 1 aliphatic rings. The fraction of sp³-hybridized carbons (Fsp3) is 0.818. The molecule has 2 unspecified atom stereocenters. The van der Waals surface area contributed by atoms with Crippen LogP contribution in [0.3, 0.4) is 0 Å². The summed E-state index contributed by atoms with van der Waals surface area (Å²) in [6.07, 6.45) is 2.51. The highest BCUT2D eigenvalue weighted by molar-refractivity contribution is 7.98. The minimum Gasteiger partial charge on any atom is -0.480 e. The average molecular weight is 324 g/mol. The molecule has 20 heavy (non-hydrogen) atoms. The van der Waals surface area contributed by atoms with Gasteiger partial charge in [-0.15, -0.1) is 0 Å². The van der Waals surface area contributed by atoms with Gasteiger partial charge in [0, 0.05) is 0 Å². The number of amides is 2. The highest BCUT2D eigenvalue weighted by Crippen LogP contribution is 2.22. The Morgan fingerprint density at radius 3 is 2.55 bits per heavy atom. The van der Waals surface area contributed by atoms with E-state index < -0.39 is 33.4 Å². The molecule has 1 fully saturated rings. The van der Waals surface area contributed by atoms with Crippen molar-refractivity contribution in [3.8, 4) is 0 Å². The Morgan fingerprint density at radius 1 is 1.45 bits per heavy atom. The van der Waals surface area contributed by atoms with Gasteiger partial charge in [-0.05, 0) is 31.8 Å². The van der Waals surface area contributed by atoms with Gasteiger partial charge in [0.15, 0.2) is 9.84 Å². The number of thioether (sulfide) groups is 1. The van der Waals surface area contributed by atoms with E-state index >= 15 is 0 Å². The van der Waals surface area contributed by atoms with Gasteiger partial charge in [0.2, 0.25) is 0 Å². The van der Waals surface area contributed by atoms with Gasteiger partial charge in [0.1, 0.15) is 6.04 Å². The van der Waals surface area contributed by atoms with Crippen LogP contribution in [0.5, 0.6) is 0 Å². The zero-order chi connectivity index (χ0) is 15.4. The molecule has 0 bridgehead atoms. The van der Waals surface area contributed by atoms with Crippen LogP contribution in [0.2, 0.25) is 0 Å². The van der Waals surface area contributed by atoms with Crippen molar-refractivity contribution in [2.24, 2.45) is 0 Å². The minimum absolute atomic E-state index is 0.0403. The molecule has 7 nitrogen and oxygen atoms in total. The molecular weight excluding hydrogens is 304 g/mol. The molecule has 1 rings (SSSR count). The van der Waals surface area contributed by atoms with Crippen molar-refractivity contribution in [2.75, 3.05) is 23.5 Å². The second kappa shape index (κ2) is 6.66. The van der Waals surface area contributed by atoms with Crippen LogP contribution < -0.4 is 10.6 Å². The van der Waals surface area contributed by atoms with Crippen molar-refractivity contribution < 1.29 is 23.1 Å². The maximum atomic E-state index is 11.8. The van der Waals surface area contributed by atoms with Crippen molar-refractivity contribution >= 4 is 33.6 Å². The molecule has 3 N–H and O–H groups in total. The fourth-order valence-corrected chi connectivity index (χ4v) is 4.64. The lowest BCUT2D eigenvalue weighted by molar-refractivity contribution is -0.139. The topological polar surface area (TPSA) is 113 Å². The first-order valence-corrected chi connectivity index (χ1v) is 9.40. The summed E-state index contributed by atoms with van der Waals surface area (Å²) in [6, 6.07) is -1.61.